The predicted octanol–water partition coefficient (Wildman–Crippen LogP) is 2.91. The molecule has 0 saturated heterocycles. The van der Waals surface area contributed by atoms with E-state index in [1.165, 1.54) is 17.9 Å². The van der Waals surface area contributed by atoms with Crippen LogP contribution in [0.25, 0.3) is 0 Å². The van der Waals surface area contributed by atoms with Gasteiger partial charge in [0.25, 0.3) is 0 Å². The van der Waals surface area contributed by atoms with Gasteiger partial charge in [0.15, 0.2) is 0 Å². The highest BCUT2D eigenvalue weighted by Crippen LogP contribution is 2.05. The molecule has 1 aromatic rings. The average molecular weight is 227 g/mol. The van der Waals surface area contributed by atoms with Gasteiger partial charge in [0, 0.05) is 6.54 Å². The van der Waals surface area contributed by atoms with Crippen molar-refractivity contribution in [2.45, 2.75) is 13.5 Å². The standard InChI is InChI=1S/C12H18FNS/c1-10(9-15-2)7-14-8-11-3-5-12(13)6-4-11/h3-6,10,14H,7-9H2,1-2H3. The fourth-order valence-electron chi connectivity index (χ4n) is 1.41. The third-order valence-corrected chi connectivity index (χ3v) is 3.09. The van der Waals surface area contributed by atoms with E-state index in [0.717, 1.165) is 18.7 Å². The lowest BCUT2D eigenvalue weighted by Crippen LogP contribution is -2.21. The van der Waals surface area contributed by atoms with Crippen LogP contribution in [0.3, 0.4) is 0 Å². The van der Waals surface area contributed by atoms with E-state index in [9.17, 15) is 4.39 Å². The first-order valence-corrected chi connectivity index (χ1v) is 6.56. The van der Waals surface area contributed by atoms with Gasteiger partial charge in [0.1, 0.15) is 5.82 Å². The summed E-state index contributed by atoms with van der Waals surface area (Å²) in [7, 11) is 0. The van der Waals surface area contributed by atoms with Gasteiger partial charge in [-0.1, -0.05) is 19.1 Å². The van der Waals surface area contributed by atoms with Crippen molar-refractivity contribution in [2.75, 3.05) is 18.6 Å². The van der Waals surface area contributed by atoms with Gasteiger partial charge in [-0.05, 0) is 42.2 Å². The second-order valence-electron chi connectivity index (χ2n) is 3.82. The maximum atomic E-state index is 12.6. The number of thioether (sulfide) groups is 1. The topological polar surface area (TPSA) is 12.0 Å². The molecule has 0 bridgehead atoms. The van der Waals surface area contributed by atoms with Crippen LogP contribution in [0.1, 0.15) is 12.5 Å². The molecule has 0 aromatic heterocycles. The Bertz CT molecular complexity index is 273. The molecule has 1 aromatic carbocycles. The van der Waals surface area contributed by atoms with Crippen LogP contribution in [-0.4, -0.2) is 18.6 Å². The van der Waals surface area contributed by atoms with E-state index in [2.05, 4.69) is 18.5 Å². The molecular weight excluding hydrogens is 209 g/mol. The van der Waals surface area contributed by atoms with Crippen LogP contribution < -0.4 is 5.32 Å². The lowest BCUT2D eigenvalue weighted by atomic mass is 10.2. The van der Waals surface area contributed by atoms with Gasteiger partial charge in [-0.2, -0.15) is 11.8 Å². The minimum Gasteiger partial charge on any atom is -0.312 e. The number of rotatable bonds is 6. The summed E-state index contributed by atoms with van der Waals surface area (Å²) in [6.45, 7) is 4.06. The highest BCUT2D eigenvalue weighted by Gasteiger charge is 2.00. The first kappa shape index (κ1) is 12.5. The van der Waals surface area contributed by atoms with Crippen molar-refractivity contribution in [3.05, 3.63) is 35.6 Å². The van der Waals surface area contributed by atoms with Gasteiger partial charge in [-0.3, -0.25) is 0 Å². The van der Waals surface area contributed by atoms with E-state index in [4.69, 9.17) is 0 Å². The monoisotopic (exact) mass is 227 g/mol. The Labute approximate surface area is 95.5 Å². The third kappa shape index (κ3) is 5.19. The molecule has 1 nitrogen and oxygen atoms in total. The summed E-state index contributed by atoms with van der Waals surface area (Å²) < 4.78 is 12.6. The number of hydrogen-bond donors (Lipinski definition) is 1. The Kier molecular flexibility index (Phi) is 5.73. The lowest BCUT2D eigenvalue weighted by molar-refractivity contribution is 0.558. The highest BCUT2D eigenvalue weighted by molar-refractivity contribution is 7.98. The van der Waals surface area contributed by atoms with Gasteiger partial charge < -0.3 is 5.32 Å². The second-order valence-corrected chi connectivity index (χ2v) is 4.73. The predicted molar refractivity (Wildman–Crippen MR) is 65.7 cm³/mol. The molecule has 0 heterocycles. The fraction of sp³-hybridized carbons (Fsp3) is 0.500. The molecule has 1 unspecified atom stereocenters. The summed E-state index contributed by atoms with van der Waals surface area (Å²) in [6.07, 6.45) is 2.12. The fourth-order valence-corrected chi connectivity index (χ4v) is 2.10. The number of benzene rings is 1. The highest BCUT2D eigenvalue weighted by atomic mass is 32.2. The van der Waals surface area contributed by atoms with Crippen LogP contribution in [0, 0.1) is 11.7 Å². The Morgan fingerprint density at radius 1 is 1.33 bits per heavy atom. The van der Waals surface area contributed by atoms with Crippen molar-refractivity contribution in [2.24, 2.45) is 5.92 Å². The summed E-state index contributed by atoms with van der Waals surface area (Å²) in [5, 5.41) is 3.37. The molecule has 1 rings (SSSR count). The normalized spacial score (nSPS) is 12.7. The molecule has 1 N–H and O–H groups in total. The van der Waals surface area contributed by atoms with Crippen LogP contribution in [0.5, 0.6) is 0 Å². The summed E-state index contributed by atoms with van der Waals surface area (Å²) in [5.74, 6) is 1.69. The zero-order chi connectivity index (χ0) is 11.1. The molecule has 0 spiro atoms. The zero-order valence-corrected chi connectivity index (χ0v) is 10.1. The third-order valence-electron chi connectivity index (χ3n) is 2.19. The van der Waals surface area contributed by atoms with Crippen LogP contribution in [0.4, 0.5) is 4.39 Å². The summed E-state index contributed by atoms with van der Waals surface area (Å²) >= 11 is 1.87. The summed E-state index contributed by atoms with van der Waals surface area (Å²) in [5.41, 5.74) is 1.13. The first-order valence-electron chi connectivity index (χ1n) is 5.16. The van der Waals surface area contributed by atoms with Crippen LogP contribution in [0.15, 0.2) is 24.3 Å². The van der Waals surface area contributed by atoms with Crippen molar-refractivity contribution >= 4 is 11.8 Å². The molecule has 84 valence electrons. The Balaban J connectivity index is 2.22. The Morgan fingerprint density at radius 2 is 2.00 bits per heavy atom. The smallest absolute Gasteiger partial charge is 0.123 e. The van der Waals surface area contributed by atoms with Crippen LogP contribution >= 0.6 is 11.8 Å². The number of halogens is 1. The molecule has 3 heteroatoms. The van der Waals surface area contributed by atoms with Crippen molar-refractivity contribution in [3.63, 3.8) is 0 Å². The number of hydrogen-bond acceptors (Lipinski definition) is 2. The van der Waals surface area contributed by atoms with Crippen LogP contribution in [0.2, 0.25) is 0 Å². The van der Waals surface area contributed by atoms with E-state index in [1.807, 2.05) is 23.9 Å². The van der Waals surface area contributed by atoms with Crippen molar-refractivity contribution < 1.29 is 4.39 Å². The maximum Gasteiger partial charge on any atom is 0.123 e. The van der Waals surface area contributed by atoms with Gasteiger partial charge >= 0.3 is 0 Å². The van der Waals surface area contributed by atoms with Gasteiger partial charge in [-0.15, -0.1) is 0 Å². The van der Waals surface area contributed by atoms with E-state index in [-0.39, 0.29) is 5.82 Å². The lowest BCUT2D eigenvalue weighted by Gasteiger charge is -2.10. The molecule has 0 aliphatic rings. The molecule has 0 aliphatic carbocycles. The molecular formula is C12H18FNS. The van der Waals surface area contributed by atoms with Crippen LogP contribution in [-0.2, 0) is 6.54 Å². The molecule has 0 radical (unpaired) electrons. The van der Waals surface area contributed by atoms with Crippen molar-refractivity contribution in [1.29, 1.82) is 0 Å². The molecule has 15 heavy (non-hydrogen) atoms. The largest absolute Gasteiger partial charge is 0.312 e. The summed E-state index contributed by atoms with van der Waals surface area (Å²) in [6, 6.07) is 6.65. The molecule has 0 fully saturated rings. The zero-order valence-electron chi connectivity index (χ0n) is 9.29. The molecule has 0 amide bonds. The quantitative estimate of drug-likeness (QED) is 0.802. The maximum absolute atomic E-state index is 12.6. The van der Waals surface area contributed by atoms with Gasteiger partial charge in [-0.25, -0.2) is 4.39 Å². The Hall–Kier alpha value is -0.540. The van der Waals surface area contributed by atoms with Crippen molar-refractivity contribution in [1.82, 2.24) is 5.32 Å². The average Bonchev–Trinajstić information content (AvgIpc) is 2.21. The van der Waals surface area contributed by atoms with E-state index < -0.39 is 0 Å². The second kappa shape index (κ2) is 6.85. The summed E-state index contributed by atoms with van der Waals surface area (Å²) in [4.78, 5) is 0. The molecule has 1 atom stereocenters. The number of nitrogens with one attached hydrogen (secondary N) is 1. The van der Waals surface area contributed by atoms with Crippen molar-refractivity contribution in [3.8, 4) is 0 Å². The Morgan fingerprint density at radius 3 is 2.60 bits per heavy atom. The van der Waals surface area contributed by atoms with E-state index in [1.54, 1.807) is 0 Å². The van der Waals surface area contributed by atoms with E-state index >= 15 is 0 Å². The molecule has 0 aliphatic heterocycles. The van der Waals surface area contributed by atoms with Gasteiger partial charge in [0.05, 0.1) is 0 Å². The van der Waals surface area contributed by atoms with Gasteiger partial charge in [0.2, 0.25) is 0 Å². The minimum atomic E-state index is -0.172. The molecule has 0 saturated carbocycles. The minimum absolute atomic E-state index is 0.172. The first-order chi connectivity index (χ1) is 7.22. The SMILES string of the molecule is CSCC(C)CNCc1ccc(F)cc1. The van der Waals surface area contributed by atoms with E-state index in [0.29, 0.717) is 5.92 Å².